The van der Waals surface area contributed by atoms with Crippen molar-refractivity contribution in [1.82, 2.24) is 4.31 Å². The first kappa shape index (κ1) is 17.4. The maximum absolute atomic E-state index is 12.4. The first-order chi connectivity index (χ1) is 10.3. The minimum Gasteiger partial charge on any atom is -0.326 e. The zero-order valence-electron chi connectivity index (χ0n) is 12.8. The molecule has 0 aliphatic carbocycles. The molecular formula is C15H21BrN2O3S. The highest BCUT2D eigenvalue weighted by molar-refractivity contribution is 9.10. The Balaban J connectivity index is 1.97. The average molecular weight is 389 g/mol. The van der Waals surface area contributed by atoms with Gasteiger partial charge in [0.2, 0.25) is 15.9 Å². The van der Waals surface area contributed by atoms with Crippen molar-refractivity contribution in [2.75, 3.05) is 24.2 Å². The number of aryl methyl sites for hydroxylation is 1. The average Bonchev–Trinajstić information content (AvgIpc) is 2.51. The second-order valence-corrected chi connectivity index (χ2v) is 8.70. The van der Waals surface area contributed by atoms with Gasteiger partial charge >= 0.3 is 0 Å². The van der Waals surface area contributed by atoms with Crippen molar-refractivity contribution in [3.05, 3.63) is 28.2 Å². The molecule has 1 saturated heterocycles. The summed E-state index contributed by atoms with van der Waals surface area (Å²) in [6.45, 7) is 4.43. The van der Waals surface area contributed by atoms with E-state index in [0.717, 1.165) is 15.7 Å². The van der Waals surface area contributed by atoms with Crippen LogP contribution < -0.4 is 5.32 Å². The number of anilines is 1. The number of amides is 1. The van der Waals surface area contributed by atoms with Gasteiger partial charge in [-0.05, 0) is 44.4 Å². The van der Waals surface area contributed by atoms with E-state index >= 15 is 0 Å². The first-order valence-corrected chi connectivity index (χ1v) is 9.78. The highest BCUT2D eigenvalue weighted by Crippen LogP contribution is 2.24. The Morgan fingerprint density at radius 2 is 2.00 bits per heavy atom. The second kappa shape index (κ2) is 7.10. The summed E-state index contributed by atoms with van der Waals surface area (Å²) >= 11 is 3.40. The molecule has 1 N–H and O–H groups in total. The number of sulfonamides is 1. The zero-order valence-corrected chi connectivity index (χ0v) is 15.2. The van der Waals surface area contributed by atoms with Gasteiger partial charge in [0.15, 0.2) is 0 Å². The molecule has 0 bridgehead atoms. The van der Waals surface area contributed by atoms with Crippen molar-refractivity contribution in [2.45, 2.75) is 26.7 Å². The molecule has 1 aliphatic heterocycles. The molecule has 1 aliphatic rings. The van der Waals surface area contributed by atoms with Gasteiger partial charge in [-0.2, -0.15) is 0 Å². The van der Waals surface area contributed by atoms with E-state index in [1.54, 1.807) is 6.92 Å². The van der Waals surface area contributed by atoms with Gasteiger partial charge in [-0.3, -0.25) is 4.79 Å². The number of hydrogen-bond donors (Lipinski definition) is 1. The number of nitrogens with zero attached hydrogens (tertiary/aromatic N) is 1. The summed E-state index contributed by atoms with van der Waals surface area (Å²) in [5.74, 6) is -0.0578. The van der Waals surface area contributed by atoms with E-state index in [-0.39, 0.29) is 17.6 Å². The van der Waals surface area contributed by atoms with Gasteiger partial charge in [0.1, 0.15) is 0 Å². The fraction of sp³-hybridized carbons (Fsp3) is 0.533. The molecule has 122 valence electrons. The van der Waals surface area contributed by atoms with Crippen LogP contribution in [0.15, 0.2) is 22.7 Å². The highest BCUT2D eigenvalue weighted by atomic mass is 79.9. The highest BCUT2D eigenvalue weighted by Gasteiger charge is 2.30. The van der Waals surface area contributed by atoms with Crippen LogP contribution in [-0.4, -0.2) is 37.5 Å². The summed E-state index contributed by atoms with van der Waals surface area (Å²) in [6, 6.07) is 5.75. The lowest BCUT2D eigenvalue weighted by Gasteiger charge is -2.30. The molecule has 0 saturated carbocycles. The Bertz CT molecular complexity index is 653. The van der Waals surface area contributed by atoms with Gasteiger partial charge in [-0.1, -0.05) is 22.0 Å². The fourth-order valence-corrected chi connectivity index (χ4v) is 4.04. The molecule has 5 nitrogen and oxygen atoms in total. The lowest BCUT2D eigenvalue weighted by atomic mass is 9.97. The summed E-state index contributed by atoms with van der Waals surface area (Å²) in [4.78, 5) is 12.4. The molecule has 1 aromatic rings. The van der Waals surface area contributed by atoms with Gasteiger partial charge in [0, 0.05) is 29.2 Å². The number of carbonyl (C=O) groups excluding carboxylic acids is 1. The SMILES string of the molecule is CCS(=O)(=O)N1CCC(C(=O)Nc2cc(Br)ccc2C)CC1. The van der Waals surface area contributed by atoms with Crippen LogP contribution in [0.25, 0.3) is 0 Å². The fourth-order valence-electron chi connectivity index (χ4n) is 2.54. The van der Waals surface area contributed by atoms with E-state index in [0.29, 0.717) is 25.9 Å². The van der Waals surface area contributed by atoms with Crippen LogP contribution in [0.1, 0.15) is 25.3 Å². The van der Waals surface area contributed by atoms with Gasteiger partial charge < -0.3 is 5.32 Å². The Morgan fingerprint density at radius 3 is 2.59 bits per heavy atom. The summed E-state index contributed by atoms with van der Waals surface area (Å²) < 4.78 is 26.0. The number of rotatable bonds is 4. The largest absolute Gasteiger partial charge is 0.326 e. The lowest BCUT2D eigenvalue weighted by Crippen LogP contribution is -2.42. The van der Waals surface area contributed by atoms with Crippen molar-refractivity contribution >= 4 is 37.5 Å². The van der Waals surface area contributed by atoms with E-state index in [1.165, 1.54) is 4.31 Å². The summed E-state index contributed by atoms with van der Waals surface area (Å²) in [7, 11) is -3.15. The van der Waals surface area contributed by atoms with Crippen molar-refractivity contribution in [3.63, 3.8) is 0 Å². The van der Waals surface area contributed by atoms with Crippen LogP contribution in [0, 0.1) is 12.8 Å². The van der Waals surface area contributed by atoms with Gasteiger partial charge in [-0.15, -0.1) is 0 Å². The predicted octanol–water partition coefficient (Wildman–Crippen LogP) is 2.76. The first-order valence-electron chi connectivity index (χ1n) is 7.38. The third-order valence-electron chi connectivity index (χ3n) is 4.04. The third kappa shape index (κ3) is 4.08. The normalized spacial score (nSPS) is 17.4. The lowest BCUT2D eigenvalue weighted by molar-refractivity contribution is -0.120. The molecule has 2 rings (SSSR count). The van der Waals surface area contributed by atoms with E-state index in [9.17, 15) is 13.2 Å². The molecule has 1 aromatic carbocycles. The number of benzene rings is 1. The molecule has 0 spiro atoms. The molecule has 0 radical (unpaired) electrons. The number of nitrogens with one attached hydrogen (secondary N) is 1. The zero-order chi connectivity index (χ0) is 16.3. The van der Waals surface area contributed by atoms with Crippen LogP contribution in [0.5, 0.6) is 0 Å². The predicted molar refractivity (Wildman–Crippen MR) is 91.3 cm³/mol. The van der Waals surface area contributed by atoms with Crippen molar-refractivity contribution in [3.8, 4) is 0 Å². The molecule has 1 fully saturated rings. The van der Waals surface area contributed by atoms with Crippen molar-refractivity contribution < 1.29 is 13.2 Å². The van der Waals surface area contributed by atoms with E-state index < -0.39 is 10.0 Å². The van der Waals surface area contributed by atoms with E-state index in [1.807, 2.05) is 25.1 Å². The number of halogens is 1. The number of piperidine rings is 1. The standard InChI is InChI=1S/C15H21BrN2O3S/c1-3-22(20,21)18-8-6-12(7-9-18)15(19)17-14-10-13(16)5-4-11(14)2/h4-5,10,12H,3,6-9H2,1-2H3,(H,17,19). The molecule has 0 atom stereocenters. The van der Waals surface area contributed by atoms with Crippen LogP contribution in [0.2, 0.25) is 0 Å². The summed E-state index contributed by atoms with van der Waals surface area (Å²) in [5.41, 5.74) is 1.80. The maximum atomic E-state index is 12.4. The minimum absolute atomic E-state index is 0.0326. The molecular weight excluding hydrogens is 368 g/mol. The Labute approximate surface area is 140 Å². The molecule has 0 aromatic heterocycles. The van der Waals surface area contributed by atoms with E-state index in [4.69, 9.17) is 0 Å². The van der Waals surface area contributed by atoms with Gasteiger partial charge in [0.25, 0.3) is 0 Å². The third-order valence-corrected chi connectivity index (χ3v) is 6.42. The molecule has 7 heteroatoms. The summed E-state index contributed by atoms with van der Waals surface area (Å²) in [6.07, 6.45) is 1.14. The number of hydrogen-bond acceptors (Lipinski definition) is 3. The molecule has 22 heavy (non-hydrogen) atoms. The maximum Gasteiger partial charge on any atom is 0.227 e. The second-order valence-electron chi connectivity index (χ2n) is 5.52. The van der Waals surface area contributed by atoms with Crippen molar-refractivity contribution in [2.24, 2.45) is 5.92 Å². The molecule has 1 heterocycles. The van der Waals surface area contributed by atoms with E-state index in [2.05, 4.69) is 21.2 Å². The minimum atomic E-state index is -3.15. The Hall–Kier alpha value is -0.920. The Kier molecular flexibility index (Phi) is 5.63. The van der Waals surface area contributed by atoms with Crippen LogP contribution in [0.3, 0.4) is 0 Å². The van der Waals surface area contributed by atoms with Crippen molar-refractivity contribution in [1.29, 1.82) is 0 Å². The quantitative estimate of drug-likeness (QED) is 0.861. The Morgan fingerprint density at radius 1 is 1.36 bits per heavy atom. The monoisotopic (exact) mass is 388 g/mol. The molecule has 1 amide bonds. The van der Waals surface area contributed by atoms with Crippen LogP contribution in [-0.2, 0) is 14.8 Å². The van der Waals surface area contributed by atoms with Gasteiger partial charge in [-0.25, -0.2) is 12.7 Å². The van der Waals surface area contributed by atoms with Gasteiger partial charge in [0.05, 0.1) is 5.75 Å². The summed E-state index contributed by atoms with van der Waals surface area (Å²) in [5, 5.41) is 2.95. The molecule has 0 unspecified atom stereocenters. The smallest absolute Gasteiger partial charge is 0.227 e. The van der Waals surface area contributed by atoms with Crippen LogP contribution >= 0.6 is 15.9 Å². The topological polar surface area (TPSA) is 66.5 Å². The number of carbonyl (C=O) groups is 1. The van der Waals surface area contributed by atoms with Crippen LogP contribution in [0.4, 0.5) is 5.69 Å².